The molecule has 0 aromatic rings. The lowest BCUT2D eigenvalue weighted by Gasteiger charge is -2.26. The third-order valence-electron chi connectivity index (χ3n) is 4.03. The molecule has 18 heavy (non-hydrogen) atoms. The summed E-state index contributed by atoms with van der Waals surface area (Å²) in [6, 6.07) is 0.0321. The van der Waals surface area contributed by atoms with E-state index in [0.29, 0.717) is 6.42 Å². The summed E-state index contributed by atoms with van der Waals surface area (Å²) in [5, 5.41) is 3.02. The molecule has 0 aliphatic heterocycles. The molecule has 0 radical (unpaired) electrons. The molecule has 0 spiro atoms. The molecule has 1 rings (SSSR count). The Bertz CT molecular complexity index is 243. The molecule has 3 unspecified atom stereocenters. The number of amides is 1. The molecular formula is C15H30N2O. The van der Waals surface area contributed by atoms with E-state index < -0.39 is 0 Å². The van der Waals surface area contributed by atoms with Crippen molar-refractivity contribution in [3.8, 4) is 0 Å². The van der Waals surface area contributed by atoms with Gasteiger partial charge < -0.3 is 11.1 Å². The smallest absolute Gasteiger partial charge is 0.221 e. The first-order chi connectivity index (χ1) is 8.61. The number of rotatable bonds is 7. The number of hydrogen-bond donors (Lipinski definition) is 2. The van der Waals surface area contributed by atoms with Crippen LogP contribution in [0.3, 0.4) is 0 Å². The number of nitrogens with two attached hydrogens (primary N) is 1. The zero-order chi connectivity index (χ0) is 13.4. The summed E-state index contributed by atoms with van der Waals surface area (Å²) in [6.45, 7) is 5.27. The molecular weight excluding hydrogens is 224 g/mol. The van der Waals surface area contributed by atoms with E-state index in [0.717, 1.165) is 37.6 Å². The van der Waals surface area contributed by atoms with Crippen molar-refractivity contribution in [2.45, 2.75) is 71.3 Å². The van der Waals surface area contributed by atoms with Crippen LogP contribution in [0.2, 0.25) is 0 Å². The highest BCUT2D eigenvalue weighted by molar-refractivity contribution is 5.76. The lowest BCUT2D eigenvalue weighted by Crippen LogP contribution is -2.33. The van der Waals surface area contributed by atoms with Crippen LogP contribution in [-0.4, -0.2) is 18.5 Å². The SMILES string of the molecule is CCCC(N)CC(=O)NCCC1CCCC(C)C1. The molecule has 1 saturated carbocycles. The highest BCUT2D eigenvalue weighted by Gasteiger charge is 2.18. The average Bonchev–Trinajstić information content (AvgIpc) is 2.29. The van der Waals surface area contributed by atoms with Crippen LogP contribution >= 0.6 is 0 Å². The summed E-state index contributed by atoms with van der Waals surface area (Å²) in [6.07, 6.45) is 9.03. The van der Waals surface area contributed by atoms with Gasteiger partial charge in [-0.3, -0.25) is 4.79 Å². The number of hydrogen-bond acceptors (Lipinski definition) is 2. The largest absolute Gasteiger partial charge is 0.356 e. The van der Waals surface area contributed by atoms with Gasteiger partial charge in [-0.2, -0.15) is 0 Å². The second-order valence-electron chi connectivity index (χ2n) is 6.03. The van der Waals surface area contributed by atoms with E-state index in [9.17, 15) is 4.79 Å². The quantitative estimate of drug-likeness (QED) is 0.734. The van der Waals surface area contributed by atoms with Gasteiger partial charge in [-0.15, -0.1) is 0 Å². The minimum Gasteiger partial charge on any atom is -0.356 e. The second-order valence-corrected chi connectivity index (χ2v) is 6.03. The molecule has 1 amide bonds. The van der Waals surface area contributed by atoms with E-state index in [2.05, 4.69) is 19.2 Å². The van der Waals surface area contributed by atoms with Gasteiger partial charge >= 0.3 is 0 Å². The monoisotopic (exact) mass is 254 g/mol. The molecule has 1 aliphatic carbocycles. The highest BCUT2D eigenvalue weighted by Crippen LogP contribution is 2.30. The normalized spacial score (nSPS) is 25.7. The van der Waals surface area contributed by atoms with Crippen LogP contribution in [0.5, 0.6) is 0 Å². The molecule has 0 saturated heterocycles. The Morgan fingerprint density at radius 3 is 2.89 bits per heavy atom. The summed E-state index contributed by atoms with van der Waals surface area (Å²) in [5.41, 5.74) is 5.86. The van der Waals surface area contributed by atoms with Gasteiger partial charge in [0.05, 0.1) is 0 Å². The minimum atomic E-state index is 0.0321. The van der Waals surface area contributed by atoms with E-state index in [-0.39, 0.29) is 11.9 Å². The summed E-state index contributed by atoms with van der Waals surface area (Å²) >= 11 is 0. The molecule has 1 aliphatic rings. The zero-order valence-electron chi connectivity index (χ0n) is 12.1. The summed E-state index contributed by atoms with van der Waals surface area (Å²) in [4.78, 5) is 11.6. The van der Waals surface area contributed by atoms with Crippen molar-refractivity contribution in [2.75, 3.05) is 6.54 Å². The van der Waals surface area contributed by atoms with Gasteiger partial charge in [0, 0.05) is 19.0 Å². The first kappa shape index (κ1) is 15.5. The Labute approximate surface area is 112 Å². The minimum absolute atomic E-state index is 0.0321. The van der Waals surface area contributed by atoms with Crippen LogP contribution in [0.15, 0.2) is 0 Å². The molecule has 3 atom stereocenters. The lowest BCUT2D eigenvalue weighted by atomic mass is 9.81. The van der Waals surface area contributed by atoms with Crippen LogP contribution in [0.1, 0.15) is 65.2 Å². The number of carbonyl (C=O) groups excluding carboxylic acids is 1. The lowest BCUT2D eigenvalue weighted by molar-refractivity contribution is -0.121. The van der Waals surface area contributed by atoms with E-state index >= 15 is 0 Å². The van der Waals surface area contributed by atoms with Crippen LogP contribution in [-0.2, 0) is 4.79 Å². The topological polar surface area (TPSA) is 55.1 Å². The van der Waals surface area contributed by atoms with Crippen molar-refractivity contribution in [3.05, 3.63) is 0 Å². The van der Waals surface area contributed by atoms with Gasteiger partial charge in [0.1, 0.15) is 0 Å². The van der Waals surface area contributed by atoms with Gasteiger partial charge in [0.15, 0.2) is 0 Å². The third-order valence-corrected chi connectivity index (χ3v) is 4.03. The second kappa shape index (κ2) is 8.52. The van der Waals surface area contributed by atoms with Crippen molar-refractivity contribution in [1.82, 2.24) is 5.32 Å². The maximum atomic E-state index is 11.6. The van der Waals surface area contributed by atoms with E-state index in [1.54, 1.807) is 0 Å². The van der Waals surface area contributed by atoms with Crippen molar-refractivity contribution in [2.24, 2.45) is 17.6 Å². The fourth-order valence-electron chi connectivity index (χ4n) is 3.02. The highest BCUT2D eigenvalue weighted by atomic mass is 16.1. The predicted molar refractivity (Wildman–Crippen MR) is 76.2 cm³/mol. The molecule has 3 heteroatoms. The zero-order valence-corrected chi connectivity index (χ0v) is 12.1. The van der Waals surface area contributed by atoms with Crippen LogP contribution in [0, 0.1) is 11.8 Å². The van der Waals surface area contributed by atoms with Crippen molar-refractivity contribution < 1.29 is 4.79 Å². The standard InChI is InChI=1S/C15H30N2O/c1-3-5-14(16)11-15(18)17-9-8-13-7-4-6-12(2)10-13/h12-14H,3-11,16H2,1-2H3,(H,17,18). The number of carbonyl (C=O) groups is 1. The van der Waals surface area contributed by atoms with Crippen LogP contribution < -0.4 is 11.1 Å². The Morgan fingerprint density at radius 1 is 1.44 bits per heavy atom. The molecule has 3 N–H and O–H groups in total. The molecule has 0 aromatic carbocycles. The third kappa shape index (κ3) is 6.39. The molecule has 3 nitrogen and oxygen atoms in total. The summed E-state index contributed by atoms with van der Waals surface area (Å²) in [7, 11) is 0. The maximum Gasteiger partial charge on any atom is 0.221 e. The summed E-state index contributed by atoms with van der Waals surface area (Å²) < 4.78 is 0. The fourth-order valence-corrected chi connectivity index (χ4v) is 3.02. The van der Waals surface area contributed by atoms with Gasteiger partial charge in [-0.05, 0) is 31.1 Å². The Hall–Kier alpha value is -0.570. The Balaban J connectivity index is 2.07. The molecule has 0 aromatic heterocycles. The fraction of sp³-hybridized carbons (Fsp3) is 0.933. The number of nitrogens with one attached hydrogen (secondary N) is 1. The Kier molecular flexibility index (Phi) is 7.33. The first-order valence-corrected chi connectivity index (χ1v) is 7.64. The molecule has 0 bridgehead atoms. The van der Waals surface area contributed by atoms with E-state index in [4.69, 9.17) is 5.73 Å². The van der Waals surface area contributed by atoms with Gasteiger partial charge in [0.2, 0.25) is 5.91 Å². The molecule has 1 fully saturated rings. The van der Waals surface area contributed by atoms with E-state index in [1.165, 1.54) is 25.7 Å². The van der Waals surface area contributed by atoms with E-state index in [1.807, 2.05) is 0 Å². The summed E-state index contributed by atoms with van der Waals surface area (Å²) in [5.74, 6) is 1.82. The molecule has 106 valence electrons. The average molecular weight is 254 g/mol. The predicted octanol–water partition coefficient (Wildman–Crippen LogP) is 2.84. The molecule has 0 heterocycles. The van der Waals surface area contributed by atoms with Gasteiger partial charge in [-0.25, -0.2) is 0 Å². The van der Waals surface area contributed by atoms with Crippen LogP contribution in [0.25, 0.3) is 0 Å². The van der Waals surface area contributed by atoms with Crippen LogP contribution in [0.4, 0.5) is 0 Å². The van der Waals surface area contributed by atoms with Gasteiger partial charge in [-0.1, -0.05) is 39.5 Å². The van der Waals surface area contributed by atoms with Gasteiger partial charge in [0.25, 0.3) is 0 Å². The first-order valence-electron chi connectivity index (χ1n) is 7.64. The van der Waals surface area contributed by atoms with Crippen molar-refractivity contribution >= 4 is 5.91 Å². The van der Waals surface area contributed by atoms with Crippen molar-refractivity contribution in [1.29, 1.82) is 0 Å². The Morgan fingerprint density at radius 2 is 2.22 bits per heavy atom. The maximum absolute atomic E-state index is 11.6. The van der Waals surface area contributed by atoms with Crippen molar-refractivity contribution in [3.63, 3.8) is 0 Å².